The van der Waals surface area contributed by atoms with Crippen LogP contribution >= 0.6 is 11.3 Å². The molecular weight excluding hydrogens is 268 g/mol. The van der Waals surface area contributed by atoms with Gasteiger partial charge in [-0.25, -0.2) is 0 Å². The van der Waals surface area contributed by atoms with Crippen LogP contribution in [0.1, 0.15) is 62.8 Å². The monoisotopic (exact) mass is 294 g/mol. The van der Waals surface area contributed by atoms with Gasteiger partial charge in [-0.3, -0.25) is 4.79 Å². The third kappa shape index (κ3) is 4.91. The van der Waals surface area contributed by atoms with Crippen LogP contribution < -0.4 is 10.6 Å². The van der Waals surface area contributed by atoms with Gasteiger partial charge in [-0.15, -0.1) is 11.3 Å². The molecule has 1 saturated carbocycles. The Kier molecular flexibility index (Phi) is 6.54. The summed E-state index contributed by atoms with van der Waals surface area (Å²) in [5, 5.41) is 8.65. The Bertz CT molecular complexity index is 383. The molecule has 20 heavy (non-hydrogen) atoms. The van der Waals surface area contributed by atoms with E-state index in [1.165, 1.54) is 30.6 Å². The lowest BCUT2D eigenvalue weighted by Crippen LogP contribution is -2.41. The van der Waals surface area contributed by atoms with Crippen molar-refractivity contribution >= 4 is 17.2 Å². The highest BCUT2D eigenvalue weighted by atomic mass is 32.1. The molecule has 1 aromatic heterocycles. The second kappa shape index (κ2) is 8.42. The van der Waals surface area contributed by atoms with E-state index < -0.39 is 0 Å². The van der Waals surface area contributed by atoms with Crippen LogP contribution in [0.15, 0.2) is 17.5 Å². The van der Waals surface area contributed by atoms with Crippen molar-refractivity contribution in [3.8, 4) is 0 Å². The Morgan fingerprint density at radius 2 is 2.10 bits per heavy atom. The number of rotatable bonds is 6. The molecule has 1 aliphatic rings. The lowest BCUT2D eigenvalue weighted by atomic mass is 10.1. The zero-order valence-corrected chi connectivity index (χ0v) is 13.2. The van der Waals surface area contributed by atoms with Crippen LogP contribution in [0.25, 0.3) is 0 Å². The maximum Gasteiger partial charge on any atom is 0.234 e. The van der Waals surface area contributed by atoms with Crippen molar-refractivity contribution in [1.29, 1.82) is 0 Å². The number of hydrogen-bond acceptors (Lipinski definition) is 3. The summed E-state index contributed by atoms with van der Waals surface area (Å²) in [6.07, 6.45) is 8.46. The number of hydrogen-bond donors (Lipinski definition) is 2. The molecule has 1 aromatic rings. The molecular formula is C16H26N2OS. The SMILES string of the molecule is CCC(NCC(=O)NC1CCCCCC1)c1cccs1. The fourth-order valence-electron chi connectivity index (χ4n) is 2.85. The quantitative estimate of drug-likeness (QED) is 0.787. The molecule has 4 heteroatoms. The van der Waals surface area contributed by atoms with Gasteiger partial charge in [-0.2, -0.15) is 0 Å². The first-order chi connectivity index (χ1) is 9.79. The zero-order chi connectivity index (χ0) is 14.2. The lowest BCUT2D eigenvalue weighted by Gasteiger charge is -2.19. The lowest BCUT2D eigenvalue weighted by molar-refractivity contribution is -0.121. The van der Waals surface area contributed by atoms with Gasteiger partial charge in [-0.05, 0) is 30.7 Å². The van der Waals surface area contributed by atoms with E-state index in [0.717, 1.165) is 19.3 Å². The molecule has 2 N–H and O–H groups in total. The summed E-state index contributed by atoms with van der Waals surface area (Å²) >= 11 is 1.75. The standard InChI is InChI=1S/C16H26N2OS/c1-2-14(15-10-7-11-20-15)17-12-16(19)18-13-8-5-3-4-6-9-13/h7,10-11,13-14,17H,2-6,8-9,12H2,1H3,(H,18,19). The first-order valence-electron chi connectivity index (χ1n) is 7.85. The third-order valence-electron chi connectivity index (χ3n) is 4.02. The molecule has 0 spiro atoms. The summed E-state index contributed by atoms with van der Waals surface area (Å²) in [5.74, 6) is 0.145. The molecule has 1 unspecified atom stereocenters. The van der Waals surface area contributed by atoms with Crippen LogP contribution in [0.4, 0.5) is 0 Å². The first-order valence-corrected chi connectivity index (χ1v) is 8.73. The minimum absolute atomic E-state index is 0.145. The molecule has 1 aliphatic carbocycles. The van der Waals surface area contributed by atoms with Gasteiger partial charge in [0.15, 0.2) is 0 Å². The van der Waals surface area contributed by atoms with E-state index in [0.29, 0.717) is 18.6 Å². The van der Waals surface area contributed by atoms with Crippen molar-refractivity contribution in [2.75, 3.05) is 6.54 Å². The molecule has 3 nitrogen and oxygen atoms in total. The Balaban J connectivity index is 1.73. The Morgan fingerprint density at radius 3 is 2.70 bits per heavy atom. The number of carbonyl (C=O) groups excluding carboxylic acids is 1. The highest BCUT2D eigenvalue weighted by Crippen LogP contribution is 2.21. The number of nitrogens with one attached hydrogen (secondary N) is 2. The molecule has 0 saturated heterocycles. The number of amides is 1. The summed E-state index contributed by atoms with van der Waals surface area (Å²) in [7, 11) is 0. The van der Waals surface area contributed by atoms with Gasteiger partial charge in [0.05, 0.1) is 6.54 Å². The normalized spacial score (nSPS) is 18.4. The van der Waals surface area contributed by atoms with E-state index >= 15 is 0 Å². The van der Waals surface area contributed by atoms with E-state index in [4.69, 9.17) is 0 Å². The molecule has 0 bridgehead atoms. The van der Waals surface area contributed by atoms with Gasteiger partial charge in [-0.1, -0.05) is 38.7 Å². The summed E-state index contributed by atoms with van der Waals surface area (Å²) < 4.78 is 0. The molecule has 1 fully saturated rings. The second-order valence-corrected chi connectivity index (χ2v) is 6.59. The second-order valence-electron chi connectivity index (χ2n) is 5.61. The highest BCUT2D eigenvalue weighted by Gasteiger charge is 2.16. The van der Waals surface area contributed by atoms with Gasteiger partial charge in [0.1, 0.15) is 0 Å². The number of carbonyl (C=O) groups is 1. The van der Waals surface area contributed by atoms with Gasteiger partial charge in [0, 0.05) is 17.0 Å². The van der Waals surface area contributed by atoms with Gasteiger partial charge in [0.25, 0.3) is 0 Å². The average Bonchev–Trinajstić information content (AvgIpc) is 2.85. The van der Waals surface area contributed by atoms with E-state index in [-0.39, 0.29) is 5.91 Å². The highest BCUT2D eigenvalue weighted by molar-refractivity contribution is 7.10. The molecule has 1 amide bonds. The van der Waals surface area contributed by atoms with Crippen LogP contribution in [0.5, 0.6) is 0 Å². The van der Waals surface area contributed by atoms with Crippen molar-refractivity contribution < 1.29 is 4.79 Å². The van der Waals surface area contributed by atoms with Crippen molar-refractivity contribution in [1.82, 2.24) is 10.6 Å². The predicted molar refractivity (Wildman–Crippen MR) is 85.0 cm³/mol. The minimum Gasteiger partial charge on any atom is -0.352 e. The van der Waals surface area contributed by atoms with Crippen LogP contribution in [-0.2, 0) is 4.79 Å². The first kappa shape index (κ1) is 15.5. The van der Waals surface area contributed by atoms with Crippen molar-refractivity contribution in [3.05, 3.63) is 22.4 Å². The summed E-state index contributed by atoms with van der Waals surface area (Å²) in [6.45, 7) is 2.58. The third-order valence-corrected chi connectivity index (χ3v) is 5.01. The Morgan fingerprint density at radius 1 is 1.35 bits per heavy atom. The molecule has 1 heterocycles. The largest absolute Gasteiger partial charge is 0.352 e. The van der Waals surface area contributed by atoms with Crippen LogP contribution in [0.2, 0.25) is 0 Å². The Labute approximate surface area is 126 Å². The van der Waals surface area contributed by atoms with Gasteiger partial charge < -0.3 is 10.6 Å². The van der Waals surface area contributed by atoms with Crippen molar-refractivity contribution in [2.24, 2.45) is 0 Å². The maximum atomic E-state index is 12.0. The van der Waals surface area contributed by atoms with E-state index in [1.807, 2.05) is 0 Å². The summed E-state index contributed by atoms with van der Waals surface area (Å²) in [4.78, 5) is 13.4. The fourth-order valence-corrected chi connectivity index (χ4v) is 3.74. The van der Waals surface area contributed by atoms with Crippen molar-refractivity contribution in [2.45, 2.75) is 64.0 Å². The van der Waals surface area contributed by atoms with Crippen LogP contribution in [0, 0.1) is 0 Å². The van der Waals surface area contributed by atoms with Crippen LogP contribution in [-0.4, -0.2) is 18.5 Å². The van der Waals surface area contributed by atoms with E-state index in [9.17, 15) is 4.79 Å². The smallest absolute Gasteiger partial charge is 0.234 e. The zero-order valence-electron chi connectivity index (χ0n) is 12.4. The predicted octanol–water partition coefficient (Wildman–Crippen LogP) is 3.63. The Hall–Kier alpha value is -0.870. The molecule has 0 aliphatic heterocycles. The topological polar surface area (TPSA) is 41.1 Å². The maximum absolute atomic E-state index is 12.0. The molecule has 112 valence electrons. The van der Waals surface area contributed by atoms with Crippen LogP contribution in [0.3, 0.4) is 0 Å². The van der Waals surface area contributed by atoms with E-state index in [1.54, 1.807) is 11.3 Å². The van der Waals surface area contributed by atoms with E-state index in [2.05, 4.69) is 35.1 Å². The number of thiophene rings is 1. The van der Waals surface area contributed by atoms with Crippen molar-refractivity contribution in [3.63, 3.8) is 0 Å². The summed E-state index contributed by atoms with van der Waals surface area (Å²) in [6, 6.07) is 4.90. The van der Waals surface area contributed by atoms with Gasteiger partial charge >= 0.3 is 0 Å². The fraction of sp³-hybridized carbons (Fsp3) is 0.688. The minimum atomic E-state index is 0.145. The van der Waals surface area contributed by atoms with Gasteiger partial charge in [0.2, 0.25) is 5.91 Å². The molecule has 0 aromatic carbocycles. The average molecular weight is 294 g/mol. The molecule has 0 radical (unpaired) electrons. The molecule has 1 atom stereocenters. The molecule has 2 rings (SSSR count). The summed E-state index contributed by atoms with van der Waals surface area (Å²) in [5.41, 5.74) is 0.